The topological polar surface area (TPSA) is 127 Å². The lowest BCUT2D eigenvalue weighted by atomic mass is 9.86. The zero-order chi connectivity index (χ0) is 27.8. The Morgan fingerprint density at radius 3 is 2.62 bits per heavy atom. The molecule has 0 saturated heterocycles. The number of amidine groups is 1. The summed E-state index contributed by atoms with van der Waals surface area (Å²) >= 11 is 6.03. The molecule has 0 saturated carbocycles. The number of methoxy groups -OCH3 is 1. The lowest BCUT2D eigenvalue weighted by molar-refractivity contribution is 0.297. The number of ether oxygens (including phenoxy) is 1. The Morgan fingerprint density at radius 1 is 1.21 bits per heavy atom. The van der Waals surface area contributed by atoms with Gasteiger partial charge in [0.15, 0.2) is 5.79 Å². The third-order valence-corrected chi connectivity index (χ3v) is 9.06. The number of imidazole rings is 1. The van der Waals surface area contributed by atoms with Gasteiger partial charge in [-0.25, -0.2) is 13.4 Å². The van der Waals surface area contributed by atoms with Crippen LogP contribution < -0.4 is 21.1 Å². The van der Waals surface area contributed by atoms with Gasteiger partial charge in [-0.15, -0.1) is 0 Å². The Balaban J connectivity index is 1.62. The van der Waals surface area contributed by atoms with Crippen LogP contribution in [0.15, 0.2) is 77.3 Å². The molecule has 0 radical (unpaired) electrons. The SMILES string of the molecule is CCN=C1NC(N)(c2ccc(-n3cnc(Cl)c3)c(OC)c2)NC2=C1CN(S(=O)(=O)CC)CC2c1ccccc1. The van der Waals surface area contributed by atoms with Crippen LogP contribution in [0.1, 0.15) is 30.9 Å². The number of hydrogen-bond donors (Lipinski definition) is 3. The summed E-state index contributed by atoms with van der Waals surface area (Å²) in [7, 11) is -1.86. The second-order valence-corrected chi connectivity index (χ2v) is 12.1. The molecule has 206 valence electrons. The second-order valence-electron chi connectivity index (χ2n) is 9.42. The van der Waals surface area contributed by atoms with E-state index in [1.165, 1.54) is 4.31 Å². The molecule has 3 heterocycles. The van der Waals surface area contributed by atoms with Crippen molar-refractivity contribution in [1.82, 2.24) is 24.5 Å². The van der Waals surface area contributed by atoms with Gasteiger partial charge in [-0.2, -0.15) is 4.31 Å². The van der Waals surface area contributed by atoms with Crippen LogP contribution in [-0.4, -0.2) is 60.6 Å². The first-order chi connectivity index (χ1) is 18.7. The van der Waals surface area contributed by atoms with E-state index in [-0.39, 0.29) is 18.2 Å². The minimum atomic E-state index is -3.45. The maximum absolute atomic E-state index is 13.0. The number of nitrogens with two attached hydrogens (primary N) is 1. The van der Waals surface area contributed by atoms with E-state index in [9.17, 15) is 8.42 Å². The highest BCUT2D eigenvalue weighted by atomic mass is 35.5. The highest BCUT2D eigenvalue weighted by molar-refractivity contribution is 7.89. The van der Waals surface area contributed by atoms with E-state index in [0.717, 1.165) is 22.5 Å². The maximum Gasteiger partial charge on any atom is 0.214 e. The number of sulfonamides is 1. The Kier molecular flexibility index (Phi) is 7.43. The number of aliphatic imine (C=N–C) groups is 1. The molecule has 4 N–H and O–H groups in total. The van der Waals surface area contributed by atoms with Gasteiger partial charge in [0, 0.05) is 48.6 Å². The molecule has 2 aliphatic rings. The number of aromatic nitrogens is 2. The predicted molar refractivity (Wildman–Crippen MR) is 152 cm³/mol. The minimum Gasteiger partial charge on any atom is -0.495 e. The number of nitrogens with one attached hydrogen (secondary N) is 2. The van der Waals surface area contributed by atoms with Gasteiger partial charge in [0.05, 0.1) is 18.6 Å². The first-order valence-electron chi connectivity index (χ1n) is 12.7. The van der Waals surface area contributed by atoms with Gasteiger partial charge in [-0.1, -0.05) is 48.0 Å². The molecule has 12 heteroatoms. The summed E-state index contributed by atoms with van der Waals surface area (Å²) in [6.07, 6.45) is 3.31. The summed E-state index contributed by atoms with van der Waals surface area (Å²) in [5.74, 6) is -0.350. The number of hydrogen-bond acceptors (Lipinski definition) is 7. The second kappa shape index (κ2) is 10.6. The maximum atomic E-state index is 13.0. The van der Waals surface area contributed by atoms with Crippen LogP contribution in [0.3, 0.4) is 0 Å². The van der Waals surface area contributed by atoms with E-state index in [2.05, 4.69) is 15.6 Å². The molecule has 39 heavy (non-hydrogen) atoms. The molecule has 0 amide bonds. The summed E-state index contributed by atoms with van der Waals surface area (Å²) in [6.45, 7) is 4.59. The van der Waals surface area contributed by atoms with Crippen LogP contribution in [0.4, 0.5) is 0 Å². The molecule has 5 rings (SSSR count). The Labute approximate surface area is 233 Å². The molecular formula is C27H32ClN7O3S. The van der Waals surface area contributed by atoms with Gasteiger partial charge in [0.1, 0.15) is 23.1 Å². The predicted octanol–water partition coefficient (Wildman–Crippen LogP) is 2.92. The number of nitrogens with zero attached hydrogens (tertiary/aromatic N) is 4. The molecule has 1 aromatic heterocycles. The van der Waals surface area contributed by atoms with Crippen LogP contribution in [0.5, 0.6) is 5.75 Å². The van der Waals surface area contributed by atoms with E-state index >= 15 is 0 Å². The van der Waals surface area contributed by atoms with Crippen LogP contribution in [0, 0.1) is 0 Å². The van der Waals surface area contributed by atoms with Crippen molar-refractivity contribution >= 4 is 27.5 Å². The van der Waals surface area contributed by atoms with Crippen molar-refractivity contribution in [3.05, 3.63) is 88.6 Å². The Morgan fingerprint density at radius 2 is 1.97 bits per heavy atom. The highest BCUT2D eigenvalue weighted by Gasteiger charge is 2.44. The Bertz CT molecular complexity index is 1540. The first kappa shape index (κ1) is 27.2. The zero-order valence-corrected chi connectivity index (χ0v) is 23.6. The van der Waals surface area contributed by atoms with E-state index < -0.39 is 15.8 Å². The fourth-order valence-electron chi connectivity index (χ4n) is 5.06. The van der Waals surface area contributed by atoms with Crippen LogP contribution in [0.2, 0.25) is 5.15 Å². The Hall–Kier alpha value is -3.38. The molecule has 2 unspecified atom stereocenters. The summed E-state index contributed by atoms with van der Waals surface area (Å²) in [5, 5.41) is 7.27. The smallest absolute Gasteiger partial charge is 0.214 e. The molecule has 2 aromatic carbocycles. The third-order valence-electron chi connectivity index (χ3n) is 7.07. The van der Waals surface area contributed by atoms with Crippen LogP contribution in [-0.2, 0) is 15.8 Å². The first-order valence-corrected chi connectivity index (χ1v) is 14.7. The van der Waals surface area contributed by atoms with Gasteiger partial charge in [0.25, 0.3) is 0 Å². The van der Waals surface area contributed by atoms with E-state index in [4.69, 9.17) is 27.1 Å². The monoisotopic (exact) mass is 569 g/mol. The van der Waals surface area contributed by atoms with Gasteiger partial charge in [0.2, 0.25) is 10.0 Å². The molecule has 0 bridgehead atoms. The number of benzene rings is 2. The van der Waals surface area contributed by atoms with Crippen molar-refractivity contribution in [2.24, 2.45) is 10.7 Å². The van der Waals surface area contributed by atoms with Gasteiger partial charge in [-0.05, 0) is 31.5 Å². The third kappa shape index (κ3) is 5.14. The summed E-state index contributed by atoms with van der Waals surface area (Å²) in [5.41, 5.74) is 11.1. The quantitative estimate of drug-likeness (QED) is 0.399. The largest absolute Gasteiger partial charge is 0.495 e. The fraction of sp³-hybridized carbons (Fsp3) is 0.333. The molecule has 10 nitrogen and oxygen atoms in total. The molecule has 0 aliphatic carbocycles. The van der Waals surface area contributed by atoms with Crippen molar-refractivity contribution in [2.45, 2.75) is 25.6 Å². The molecule has 0 fully saturated rings. The van der Waals surface area contributed by atoms with E-state index in [1.54, 1.807) is 31.1 Å². The van der Waals surface area contributed by atoms with Crippen molar-refractivity contribution in [1.29, 1.82) is 0 Å². The van der Waals surface area contributed by atoms with Crippen LogP contribution >= 0.6 is 11.6 Å². The summed E-state index contributed by atoms with van der Waals surface area (Å²) in [6, 6.07) is 15.5. The average Bonchev–Trinajstić information content (AvgIpc) is 3.38. The normalized spacial score (nSPS) is 22.8. The standard InChI is InChI=1S/C27H32ClN7O3S/c1-4-30-26-21-15-35(39(36,37)5-2)14-20(18-9-7-6-8-10-18)25(21)32-27(29,33-26)19-11-12-22(23(13-19)38-3)34-16-24(28)31-17-34/h6-13,16-17,20,32H,4-5,14-15,29H2,1-3H3,(H,30,33). The molecule has 2 aliphatic heterocycles. The molecule has 2 atom stereocenters. The summed E-state index contributed by atoms with van der Waals surface area (Å²) < 4.78 is 35.0. The average molecular weight is 570 g/mol. The van der Waals surface area contributed by atoms with Gasteiger partial charge >= 0.3 is 0 Å². The van der Waals surface area contributed by atoms with Crippen LogP contribution in [0.25, 0.3) is 5.69 Å². The molecule has 0 spiro atoms. The molecular weight excluding hydrogens is 538 g/mol. The van der Waals surface area contributed by atoms with Gasteiger partial charge < -0.3 is 19.9 Å². The highest BCUT2D eigenvalue weighted by Crippen LogP contribution is 2.37. The minimum absolute atomic E-state index is 0.0212. The van der Waals surface area contributed by atoms with Crippen molar-refractivity contribution in [3.8, 4) is 11.4 Å². The lowest BCUT2D eigenvalue weighted by Crippen LogP contribution is -2.67. The number of rotatable bonds is 7. The fourth-order valence-corrected chi connectivity index (χ4v) is 6.27. The van der Waals surface area contributed by atoms with E-state index in [1.807, 2.05) is 55.5 Å². The number of halogens is 1. The zero-order valence-electron chi connectivity index (χ0n) is 22.1. The van der Waals surface area contributed by atoms with Crippen molar-refractivity contribution < 1.29 is 13.2 Å². The van der Waals surface area contributed by atoms with E-state index in [0.29, 0.717) is 35.4 Å². The van der Waals surface area contributed by atoms with Crippen molar-refractivity contribution in [2.75, 3.05) is 32.5 Å². The van der Waals surface area contributed by atoms with Crippen molar-refractivity contribution in [3.63, 3.8) is 0 Å². The molecule has 3 aromatic rings. The van der Waals surface area contributed by atoms with Gasteiger partial charge in [-0.3, -0.25) is 10.7 Å². The summed E-state index contributed by atoms with van der Waals surface area (Å²) in [4.78, 5) is 8.81. The lowest BCUT2D eigenvalue weighted by Gasteiger charge is -2.46.